The van der Waals surface area contributed by atoms with Gasteiger partial charge in [-0.05, 0) is 26.0 Å². The molecule has 0 atom stereocenters. The second-order valence-electron chi connectivity index (χ2n) is 4.53. The number of benzene rings is 1. The smallest absolute Gasteiger partial charge is 0.337 e. The summed E-state index contributed by atoms with van der Waals surface area (Å²) in [6.45, 7) is 4.61. The number of nitrogens with one attached hydrogen (secondary N) is 1. The first-order valence-corrected chi connectivity index (χ1v) is 6.39. The molecule has 1 aromatic carbocycles. The lowest BCUT2D eigenvalue weighted by molar-refractivity contribution is 0.0697. The number of amides is 2. The number of ether oxygens (including phenoxy) is 1. The van der Waals surface area contributed by atoms with Crippen LogP contribution < -0.4 is 10.2 Å². The van der Waals surface area contributed by atoms with Crippen LogP contribution in [0.5, 0.6) is 0 Å². The fraction of sp³-hybridized carbons (Fsp3) is 0.429. The van der Waals surface area contributed by atoms with Crippen molar-refractivity contribution in [2.24, 2.45) is 0 Å². The standard InChI is InChI=1S/C14H20N2O4/c1-10(2)20-9-8-15-14(19)16(3)12-7-5-4-6-11(12)13(17)18/h4-7,10H,8-9H2,1-3H3,(H,15,19)(H,17,18). The van der Waals surface area contributed by atoms with E-state index in [2.05, 4.69) is 5.32 Å². The molecule has 0 radical (unpaired) electrons. The van der Waals surface area contributed by atoms with Crippen LogP contribution in [0.2, 0.25) is 0 Å². The average Bonchev–Trinajstić information content (AvgIpc) is 2.42. The van der Waals surface area contributed by atoms with Crippen LogP contribution in [0.15, 0.2) is 24.3 Å². The summed E-state index contributed by atoms with van der Waals surface area (Å²) >= 11 is 0. The molecule has 110 valence electrons. The zero-order chi connectivity index (χ0) is 15.1. The summed E-state index contributed by atoms with van der Waals surface area (Å²) in [6, 6.07) is 5.99. The predicted molar refractivity (Wildman–Crippen MR) is 76.3 cm³/mol. The third kappa shape index (κ3) is 4.55. The van der Waals surface area contributed by atoms with E-state index in [1.54, 1.807) is 18.2 Å². The Morgan fingerprint density at radius 2 is 2.00 bits per heavy atom. The maximum atomic E-state index is 11.9. The Kier molecular flexibility index (Phi) is 5.99. The van der Waals surface area contributed by atoms with Gasteiger partial charge in [-0.25, -0.2) is 9.59 Å². The van der Waals surface area contributed by atoms with Crippen molar-refractivity contribution in [2.45, 2.75) is 20.0 Å². The number of urea groups is 1. The number of carboxylic acids is 1. The summed E-state index contributed by atoms with van der Waals surface area (Å²) in [7, 11) is 1.53. The average molecular weight is 280 g/mol. The van der Waals surface area contributed by atoms with Crippen molar-refractivity contribution in [1.82, 2.24) is 5.32 Å². The zero-order valence-electron chi connectivity index (χ0n) is 11.9. The fourth-order valence-corrected chi connectivity index (χ4v) is 1.63. The molecule has 0 aliphatic carbocycles. The number of carboxylic acid groups (broad SMARTS) is 1. The van der Waals surface area contributed by atoms with Gasteiger partial charge in [0.15, 0.2) is 0 Å². The molecular formula is C14H20N2O4. The minimum atomic E-state index is -1.07. The molecule has 2 N–H and O–H groups in total. The zero-order valence-corrected chi connectivity index (χ0v) is 11.9. The van der Waals surface area contributed by atoms with Crippen molar-refractivity contribution in [3.63, 3.8) is 0 Å². The molecule has 1 aromatic rings. The van der Waals surface area contributed by atoms with Gasteiger partial charge in [0.25, 0.3) is 0 Å². The van der Waals surface area contributed by atoms with Gasteiger partial charge in [-0.2, -0.15) is 0 Å². The van der Waals surface area contributed by atoms with E-state index < -0.39 is 5.97 Å². The Balaban J connectivity index is 2.63. The molecule has 6 heteroatoms. The Hall–Kier alpha value is -2.08. The predicted octanol–water partition coefficient (Wildman–Crippen LogP) is 1.96. The Morgan fingerprint density at radius 1 is 1.35 bits per heavy atom. The quantitative estimate of drug-likeness (QED) is 0.781. The third-order valence-electron chi connectivity index (χ3n) is 2.63. The Labute approximate surface area is 118 Å². The molecule has 0 unspecified atom stereocenters. The van der Waals surface area contributed by atoms with Gasteiger partial charge < -0.3 is 15.2 Å². The van der Waals surface area contributed by atoms with Gasteiger partial charge in [0, 0.05) is 13.6 Å². The van der Waals surface area contributed by atoms with E-state index >= 15 is 0 Å². The topological polar surface area (TPSA) is 78.9 Å². The van der Waals surface area contributed by atoms with Crippen LogP contribution in [0.1, 0.15) is 24.2 Å². The maximum absolute atomic E-state index is 11.9. The summed E-state index contributed by atoms with van der Waals surface area (Å²) in [5, 5.41) is 11.8. The maximum Gasteiger partial charge on any atom is 0.337 e. The highest BCUT2D eigenvalue weighted by Gasteiger charge is 2.17. The molecule has 20 heavy (non-hydrogen) atoms. The van der Waals surface area contributed by atoms with Crippen LogP contribution in [0.3, 0.4) is 0 Å². The molecule has 0 aromatic heterocycles. The minimum absolute atomic E-state index is 0.0866. The Morgan fingerprint density at radius 3 is 2.60 bits per heavy atom. The number of carbonyl (C=O) groups excluding carboxylic acids is 1. The second-order valence-corrected chi connectivity index (χ2v) is 4.53. The van der Waals surface area contributed by atoms with Crippen LogP contribution in [-0.2, 0) is 4.74 Å². The number of nitrogens with zero attached hydrogens (tertiary/aromatic N) is 1. The van der Waals surface area contributed by atoms with Crippen LogP contribution >= 0.6 is 0 Å². The van der Waals surface area contributed by atoms with Crippen molar-refractivity contribution in [3.8, 4) is 0 Å². The second kappa shape index (κ2) is 7.49. The Bertz CT molecular complexity index is 474. The molecule has 0 heterocycles. The molecule has 0 spiro atoms. The van der Waals surface area contributed by atoms with E-state index in [1.165, 1.54) is 18.0 Å². The molecule has 0 fully saturated rings. The lowest BCUT2D eigenvalue weighted by atomic mass is 10.1. The van der Waals surface area contributed by atoms with E-state index in [9.17, 15) is 9.59 Å². The minimum Gasteiger partial charge on any atom is -0.478 e. The highest BCUT2D eigenvalue weighted by Crippen LogP contribution is 2.18. The van der Waals surface area contributed by atoms with Gasteiger partial charge in [0.05, 0.1) is 24.0 Å². The van der Waals surface area contributed by atoms with E-state index in [-0.39, 0.29) is 17.7 Å². The molecule has 0 aliphatic heterocycles. The van der Waals surface area contributed by atoms with E-state index in [4.69, 9.17) is 9.84 Å². The van der Waals surface area contributed by atoms with Gasteiger partial charge in [-0.3, -0.25) is 4.90 Å². The summed E-state index contributed by atoms with van der Waals surface area (Å²) in [6.07, 6.45) is 0.109. The first-order valence-electron chi connectivity index (χ1n) is 6.39. The van der Waals surface area contributed by atoms with Gasteiger partial charge in [0.2, 0.25) is 0 Å². The summed E-state index contributed by atoms with van der Waals surface area (Å²) in [5.41, 5.74) is 0.436. The van der Waals surface area contributed by atoms with Crippen molar-refractivity contribution in [3.05, 3.63) is 29.8 Å². The number of hydrogen-bond acceptors (Lipinski definition) is 3. The molecule has 6 nitrogen and oxygen atoms in total. The van der Waals surface area contributed by atoms with E-state index in [0.29, 0.717) is 18.8 Å². The van der Waals surface area contributed by atoms with Crippen LogP contribution in [0.25, 0.3) is 0 Å². The number of rotatable bonds is 6. The van der Waals surface area contributed by atoms with Crippen molar-refractivity contribution < 1.29 is 19.4 Å². The highest BCUT2D eigenvalue weighted by atomic mass is 16.5. The normalized spacial score (nSPS) is 10.4. The van der Waals surface area contributed by atoms with Gasteiger partial charge in [-0.1, -0.05) is 12.1 Å². The van der Waals surface area contributed by atoms with Gasteiger partial charge in [0.1, 0.15) is 0 Å². The van der Waals surface area contributed by atoms with Crippen LogP contribution in [0, 0.1) is 0 Å². The van der Waals surface area contributed by atoms with E-state index in [0.717, 1.165) is 0 Å². The summed E-state index contributed by atoms with van der Waals surface area (Å²) in [5.74, 6) is -1.07. The molecular weight excluding hydrogens is 260 g/mol. The molecule has 2 amide bonds. The van der Waals surface area contributed by atoms with Crippen molar-refractivity contribution >= 4 is 17.7 Å². The first kappa shape index (κ1) is 16.0. The SMILES string of the molecule is CC(C)OCCNC(=O)N(C)c1ccccc1C(=O)O. The number of aromatic carboxylic acids is 1. The highest BCUT2D eigenvalue weighted by molar-refractivity contribution is 6.01. The number of carbonyl (C=O) groups is 2. The molecule has 1 rings (SSSR count). The monoisotopic (exact) mass is 280 g/mol. The van der Waals surface area contributed by atoms with Crippen molar-refractivity contribution in [1.29, 1.82) is 0 Å². The molecule has 0 saturated carbocycles. The number of hydrogen-bond donors (Lipinski definition) is 2. The summed E-state index contributed by atoms with van der Waals surface area (Å²) in [4.78, 5) is 24.3. The first-order chi connectivity index (χ1) is 9.43. The summed E-state index contributed by atoms with van der Waals surface area (Å²) < 4.78 is 5.31. The largest absolute Gasteiger partial charge is 0.478 e. The van der Waals surface area contributed by atoms with Gasteiger partial charge >= 0.3 is 12.0 Å². The van der Waals surface area contributed by atoms with Gasteiger partial charge in [-0.15, -0.1) is 0 Å². The van der Waals surface area contributed by atoms with Crippen LogP contribution in [-0.4, -0.2) is 43.4 Å². The molecule has 0 aliphatic rings. The van der Waals surface area contributed by atoms with Crippen LogP contribution in [0.4, 0.5) is 10.5 Å². The number of para-hydroxylation sites is 1. The van der Waals surface area contributed by atoms with Crippen molar-refractivity contribution in [2.75, 3.05) is 25.1 Å². The fourth-order valence-electron chi connectivity index (χ4n) is 1.63. The lowest BCUT2D eigenvalue weighted by Crippen LogP contribution is -2.39. The van der Waals surface area contributed by atoms with E-state index in [1.807, 2.05) is 13.8 Å². The molecule has 0 saturated heterocycles. The third-order valence-corrected chi connectivity index (χ3v) is 2.63. The molecule has 0 bridgehead atoms. The number of anilines is 1. The lowest BCUT2D eigenvalue weighted by Gasteiger charge is -2.20.